The van der Waals surface area contributed by atoms with Crippen molar-refractivity contribution in [1.29, 1.82) is 0 Å². The Morgan fingerprint density at radius 1 is 1.11 bits per heavy atom. The molecule has 0 fully saturated rings. The molecule has 5 nitrogen and oxygen atoms in total. The third-order valence-corrected chi connectivity index (χ3v) is 3.46. The Morgan fingerprint density at radius 3 is 2.32 bits per heavy atom. The van der Waals surface area contributed by atoms with Crippen LogP contribution in [0.1, 0.15) is 35.3 Å². The van der Waals surface area contributed by atoms with E-state index in [4.69, 9.17) is 0 Å². The third-order valence-electron chi connectivity index (χ3n) is 3.46. The normalized spacial score (nSPS) is 10.8. The van der Waals surface area contributed by atoms with Gasteiger partial charge in [-0.05, 0) is 39.7 Å². The second-order valence-corrected chi connectivity index (χ2v) is 4.73. The van der Waals surface area contributed by atoms with Crippen molar-refractivity contribution in [3.8, 4) is 5.82 Å². The van der Waals surface area contributed by atoms with Gasteiger partial charge in [-0.3, -0.25) is 0 Å². The molecular weight excluding hydrogens is 238 g/mol. The molecule has 1 N–H and O–H groups in total. The van der Waals surface area contributed by atoms with E-state index in [0.717, 1.165) is 40.8 Å². The van der Waals surface area contributed by atoms with Gasteiger partial charge in [0.2, 0.25) is 0 Å². The highest BCUT2D eigenvalue weighted by Gasteiger charge is 2.16. The van der Waals surface area contributed by atoms with Crippen LogP contribution in [0.4, 0.5) is 5.82 Å². The summed E-state index contributed by atoms with van der Waals surface area (Å²) in [4.78, 5) is 8.94. The van der Waals surface area contributed by atoms with E-state index in [0.29, 0.717) is 0 Å². The lowest BCUT2D eigenvalue weighted by atomic mass is 10.1. The van der Waals surface area contributed by atoms with E-state index in [1.165, 1.54) is 5.56 Å². The quantitative estimate of drug-likeness (QED) is 0.920. The molecule has 102 valence electrons. The van der Waals surface area contributed by atoms with Crippen molar-refractivity contribution < 1.29 is 0 Å². The fourth-order valence-electron chi connectivity index (χ4n) is 2.46. The molecule has 19 heavy (non-hydrogen) atoms. The molecule has 0 saturated heterocycles. The van der Waals surface area contributed by atoms with Gasteiger partial charge in [-0.2, -0.15) is 5.10 Å². The van der Waals surface area contributed by atoms with Gasteiger partial charge in [0.1, 0.15) is 11.6 Å². The molecule has 0 aromatic carbocycles. The zero-order valence-electron chi connectivity index (χ0n) is 12.5. The molecule has 2 aromatic heterocycles. The summed E-state index contributed by atoms with van der Waals surface area (Å²) in [5.74, 6) is 2.46. The van der Waals surface area contributed by atoms with Crippen molar-refractivity contribution >= 4 is 5.82 Å². The average Bonchev–Trinajstić information content (AvgIpc) is 2.66. The lowest BCUT2D eigenvalue weighted by Gasteiger charge is -2.12. The molecule has 0 spiro atoms. The molecule has 0 amide bonds. The highest BCUT2D eigenvalue weighted by Crippen LogP contribution is 2.22. The van der Waals surface area contributed by atoms with E-state index < -0.39 is 0 Å². The zero-order chi connectivity index (χ0) is 14.2. The summed E-state index contributed by atoms with van der Waals surface area (Å²) in [5, 5.41) is 7.74. The Labute approximate surface area is 114 Å². The van der Waals surface area contributed by atoms with Crippen molar-refractivity contribution in [2.45, 2.75) is 41.0 Å². The largest absolute Gasteiger partial charge is 0.373 e. The van der Waals surface area contributed by atoms with Gasteiger partial charge >= 0.3 is 0 Å². The van der Waals surface area contributed by atoms with E-state index >= 15 is 0 Å². The van der Waals surface area contributed by atoms with Crippen LogP contribution in [0.15, 0.2) is 0 Å². The number of hydrogen-bond donors (Lipinski definition) is 1. The molecule has 0 atom stereocenters. The maximum absolute atomic E-state index is 4.63. The summed E-state index contributed by atoms with van der Waals surface area (Å²) >= 11 is 0. The summed E-state index contributed by atoms with van der Waals surface area (Å²) in [6.45, 7) is 10.2. The zero-order valence-corrected chi connectivity index (χ0v) is 12.5. The lowest BCUT2D eigenvalue weighted by Crippen LogP contribution is -2.10. The summed E-state index contributed by atoms with van der Waals surface area (Å²) < 4.78 is 1.93. The minimum atomic E-state index is 0.746. The molecule has 0 radical (unpaired) electrons. The summed E-state index contributed by atoms with van der Waals surface area (Å²) in [7, 11) is 1.87. The molecule has 0 unspecified atom stereocenters. The van der Waals surface area contributed by atoms with Crippen LogP contribution in [0.5, 0.6) is 0 Å². The first-order valence-corrected chi connectivity index (χ1v) is 6.58. The minimum Gasteiger partial charge on any atom is -0.373 e. The lowest BCUT2D eigenvalue weighted by molar-refractivity contribution is 0.784. The first-order chi connectivity index (χ1) is 8.99. The van der Waals surface area contributed by atoms with Crippen molar-refractivity contribution in [2.75, 3.05) is 12.4 Å². The Kier molecular flexibility index (Phi) is 3.55. The van der Waals surface area contributed by atoms with Gasteiger partial charge in [-0.1, -0.05) is 6.92 Å². The fourth-order valence-corrected chi connectivity index (χ4v) is 2.46. The van der Waals surface area contributed by atoms with Crippen LogP contribution in [0.2, 0.25) is 0 Å². The number of rotatable bonds is 3. The van der Waals surface area contributed by atoms with Crippen molar-refractivity contribution in [3.05, 3.63) is 28.3 Å². The van der Waals surface area contributed by atoms with Crippen LogP contribution in [0, 0.1) is 27.7 Å². The molecule has 0 aliphatic carbocycles. The van der Waals surface area contributed by atoms with Crippen LogP contribution < -0.4 is 5.32 Å². The summed E-state index contributed by atoms with van der Waals surface area (Å²) in [6.07, 6.45) is 0.986. The van der Waals surface area contributed by atoms with Crippen LogP contribution in [-0.4, -0.2) is 26.8 Å². The third kappa shape index (κ3) is 2.20. The molecule has 0 aliphatic rings. The standard InChI is InChI=1S/C14H21N5/c1-7-12-9(3)18-19(10(12)4)14-8(2)13(15-6)16-11(5)17-14/h7H2,1-6H3,(H,15,16,17). The van der Waals surface area contributed by atoms with E-state index in [9.17, 15) is 0 Å². The van der Waals surface area contributed by atoms with Crippen molar-refractivity contribution in [1.82, 2.24) is 19.7 Å². The van der Waals surface area contributed by atoms with Gasteiger partial charge in [0, 0.05) is 18.3 Å². The van der Waals surface area contributed by atoms with Gasteiger partial charge in [0.25, 0.3) is 0 Å². The summed E-state index contributed by atoms with van der Waals surface area (Å²) in [6, 6.07) is 0. The van der Waals surface area contributed by atoms with E-state index in [-0.39, 0.29) is 0 Å². The maximum atomic E-state index is 4.63. The van der Waals surface area contributed by atoms with E-state index in [1.807, 2.05) is 32.5 Å². The van der Waals surface area contributed by atoms with Gasteiger partial charge in [0.05, 0.1) is 5.69 Å². The van der Waals surface area contributed by atoms with E-state index in [1.54, 1.807) is 0 Å². The van der Waals surface area contributed by atoms with E-state index in [2.05, 4.69) is 34.2 Å². The summed E-state index contributed by atoms with van der Waals surface area (Å²) in [5.41, 5.74) is 4.54. The monoisotopic (exact) mass is 259 g/mol. The average molecular weight is 259 g/mol. The van der Waals surface area contributed by atoms with Crippen LogP contribution in [-0.2, 0) is 6.42 Å². The minimum absolute atomic E-state index is 0.746. The molecule has 2 rings (SSSR count). The number of hydrogen-bond acceptors (Lipinski definition) is 4. The molecule has 5 heteroatoms. The fraction of sp³-hybridized carbons (Fsp3) is 0.500. The van der Waals surface area contributed by atoms with Gasteiger partial charge in [-0.25, -0.2) is 14.6 Å². The van der Waals surface area contributed by atoms with Crippen LogP contribution in [0.25, 0.3) is 5.82 Å². The molecule has 0 saturated carbocycles. The van der Waals surface area contributed by atoms with Crippen LogP contribution in [0.3, 0.4) is 0 Å². The van der Waals surface area contributed by atoms with Crippen molar-refractivity contribution in [3.63, 3.8) is 0 Å². The Balaban J connectivity index is 2.69. The topological polar surface area (TPSA) is 55.6 Å². The first kappa shape index (κ1) is 13.5. The van der Waals surface area contributed by atoms with Gasteiger partial charge in [-0.15, -0.1) is 0 Å². The maximum Gasteiger partial charge on any atom is 0.162 e. The molecule has 2 aromatic rings. The second-order valence-electron chi connectivity index (χ2n) is 4.73. The highest BCUT2D eigenvalue weighted by molar-refractivity contribution is 5.52. The van der Waals surface area contributed by atoms with Crippen LogP contribution >= 0.6 is 0 Å². The first-order valence-electron chi connectivity index (χ1n) is 6.58. The number of aromatic nitrogens is 4. The van der Waals surface area contributed by atoms with Gasteiger partial charge < -0.3 is 5.32 Å². The number of nitrogens with zero attached hydrogens (tertiary/aromatic N) is 4. The molecule has 0 aliphatic heterocycles. The highest BCUT2D eigenvalue weighted by atomic mass is 15.3. The SMILES string of the molecule is CCc1c(C)nn(-c2nc(C)nc(NC)c2C)c1C. The predicted molar refractivity (Wildman–Crippen MR) is 77.0 cm³/mol. The number of anilines is 1. The Hall–Kier alpha value is -1.91. The molecular formula is C14H21N5. The predicted octanol–water partition coefficient (Wildman–Crippen LogP) is 2.50. The number of nitrogens with one attached hydrogen (secondary N) is 1. The van der Waals surface area contributed by atoms with Gasteiger partial charge in [0.15, 0.2) is 5.82 Å². The smallest absolute Gasteiger partial charge is 0.162 e. The molecule has 2 heterocycles. The van der Waals surface area contributed by atoms with Crippen molar-refractivity contribution in [2.24, 2.45) is 0 Å². The Bertz CT molecular complexity index is 613. The number of aryl methyl sites for hydroxylation is 2. The second kappa shape index (κ2) is 4.99. The molecule has 0 bridgehead atoms. The Morgan fingerprint density at radius 2 is 1.79 bits per heavy atom.